The average Bonchev–Trinajstić information content (AvgIpc) is 3.25. The summed E-state index contributed by atoms with van der Waals surface area (Å²) in [5.41, 5.74) is 3.27. The fraction of sp³-hybridized carbons (Fsp3) is 0.458. The summed E-state index contributed by atoms with van der Waals surface area (Å²) in [6.45, 7) is 6.00. The number of rotatable bonds is 9. The van der Waals surface area contributed by atoms with Gasteiger partial charge in [0.1, 0.15) is 6.54 Å². The number of carbonyl (C=O) groups excluding carboxylic acids is 1. The van der Waals surface area contributed by atoms with Crippen LogP contribution in [0.4, 0.5) is 5.69 Å². The topological polar surface area (TPSA) is 66.5 Å². The van der Waals surface area contributed by atoms with Gasteiger partial charge in [-0.3, -0.25) is 9.10 Å². The lowest BCUT2D eigenvalue weighted by molar-refractivity contribution is -0.119. The number of hydrogen-bond donors (Lipinski definition) is 1. The molecule has 5 nitrogen and oxygen atoms in total. The monoisotopic (exact) mass is 460 g/mol. The molecular formula is C24H32N2O3S2. The number of anilines is 1. The van der Waals surface area contributed by atoms with Crippen molar-refractivity contribution >= 4 is 33.4 Å². The molecule has 0 saturated heterocycles. The molecule has 0 radical (unpaired) electrons. The Balaban J connectivity index is 1.76. The fourth-order valence-electron chi connectivity index (χ4n) is 3.78. The van der Waals surface area contributed by atoms with E-state index in [1.165, 1.54) is 30.0 Å². The Hall–Kier alpha value is -1.99. The molecule has 0 spiro atoms. The molecule has 1 saturated carbocycles. The lowest BCUT2D eigenvalue weighted by atomic mass is 10.1. The van der Waals surface area contributed by atoms with Crippen molar-refractivity contribution in [2.24, 2.45) is 0 Å². The van der Waals surface area contributed by atoms with Gasteiger partial charge in [0.05, 0.1) is 10.6 Å². The third kappa shape index (κ3) is 6.26. The molecule has 1 aliphatic carbocycles. The van der Waals surface area contributed by atoms with Gasteiger partial charge in [-0.05, 0) is 62.9 Å². The summed E-state index contributed by atoms with van der Waals surface area (Å²) in [7, 11) is -3.88. The van der Waals surface area contributed by atoms with Crippen molar-refractivity contribution < 1.29 is 13.2 Å². The van der Waals surface area contributed by atoms with Crippen molar-refractivity contribution in [1.29, 1.82) is 0 Å². The number of amides is 1. The van der Waals surface area contributed by atoms with Crippen LogP contribution < -0.4 is 9.62 Å². The molecule has 0 unspecified atom stereocenters. The number of sulfonamides is 1. The lowest BCUT2D eigenvalue weighted by Gasteiger charge is -2.26. The van der Waals surface area contributed by atoms with E-state index in [0.717, 1.165) is 22.4 Å². The van der Waals surface area contributed by atoms with Gasteiger partial charge >= 0.3 is 0 Å². The van der Waals surface area contributed by atoms with Crippen LogP contribution in [0, 0.1) is 20.8 Å². The largest absolute Gasteiger partial charge is 0.354 e. The smallest absolute Gasteiger partial charge is 0.264 e. The molecule has 2 aromatic carbocycles. The summed E-state index contributed by atoms with van der Waals surface area (Å²) in [5.74, 6) is 0.563. The van der Waals surface area contributed by atoms with E-state index in [9.17, 15) is 13.2 Å². The highest BCUT2D eigenvalue weighted by Crippen LogP contribution is 2.29. The zero-order valence-electron chi connectivity index (χ0n) is 18.6. The number of benzene rings is 2. The summed E-state index contributed by atoms with van der Waals surface area (Å²) < 4.78 is 28.2. The van der Waals surface area contributed by atoms with Crippen LogP contribution >= 0.6 is 11.8 Å². The Morgan fingerprint density at radius 1 is 1.03 bits per heavy atom. The minimum absolute atomic E-state index is 0.184. The molecule has 1 amide bonds. The van der Waals surface area contributed by atoms with Gasteiger partial charge in [0.15, 0.2) is 0 Å². The molecule has 1 aliphatic rings. The van der Waals surface area contributed by atoms with E-state index in [1.807, 2.05) is 50.7 Å². The molecule has 3 rings (SSSR count). The molecule has 0 aliphatic heterocycles. The fourth-order valence-corrected chi connectivity index (χ4v) is 6.48. The number of nitrogens with one attached hydrogen (secondary N) is 1. The van der Waals surface area contributed by atoms with E-state index in [2.05, 4.69) is 5.32 Å². The van der Waals surface area contributed by atoms with Gasteiger partial charge < -0.3 is 5.32 Å². The van der Waals surface area contributed by atoms with Crippen molar-refractivity contribution in [2.75, 3.05) is 23.1 Å². The zero-order chi connectivity index (χ0) is 22.4. The molecule has 0 bridgehead atoms. The Morgan fingerprint density at radius 2 is 1.68 bits per heavy atom. The standard InChI is InChI=1S/C24H32N2O3S2/c1-18-9-12-22(13-10-18)31(28,29)26(23-16-19(2)8-11-20(23)3)17-24(27)25-14-15-30-21-6-4-5-7-21/h8-13,16,21H,4-7,14-15,17H2,1-3H3,(H,25,27). The summed E-state index contributed by atoms with van der Waals surface area (Å²) in [6.07, 6.45) is 5.11. The molecule has 1 fully saturated rings. The van der Waals surface area contributed by atoms with Gasteiger partial charge in [-0.15, -0.1) is 0 Å². The molecule has 31 heavy (non-hydrogen) atoms. The van der Waals surface area contributed by atoms with E-state index in [-0.39, 0.29) is 17.3 Å². The number of hydrogen-bond acceptors (Lipinski definition) is 4. The van der Waals surface area contributed by atoms with Gasteiger partial charge in [0.2, 0.25) is 5.91 Å². The van der Waals surface area contributed by atoms with Crippen LogP contribution in [0.2, 0.25) is 0 Å². The normalized spacial score (nSPS) is 14.5. The highest BCUT2D eigenvalue weighted by Gasteiger charge is 2.28. The van der Waals surface area contributed by atoms with Crippen molar-refractivity contribution in [3.63, 3.8) is 0 Å². The van der Waals surface area contributed by atoms with Crippen LogP contribution in [-0.4, -0.2) is 38.4 Å². The summed E-state index contributed by atoms with van der Waals surface area (Å²) in [5, 5.41) is 3.61. The first-order chi connectivity index (χ1) is 14.8. The molecular weight excluding hydrogens is 428 g/mol. The molecule has 0 aromatic heterocycles. The van der Waals surface area contributed by atoms with Crippen LogP contribution in [0.1, 0.15) is 42.4 Å². The Morgan fingerprint density at radius 3 is 2.35 bits per heavy atom. The minimum atomic E-state index is -3.88. The van der Waals surface area contributed by atoms with Crippen LogP contribution in [0.25, 0.3) is 0 Å². The van der Waals surface area contributed by atoms with Crippen molar-refractivity contribution in [3.8, 4) is 0 Å². The molecule has 0 heterocycles. The number of thioether (sulfide) groups is 1. The van der Waals surface area contributed by atoms with Gasteiger partial charge in [0.25, 0.3) is 10.0 Å². The first-order valence-electron chi connectivity index (χ1n) is 10.8. The van der Waals surface area contributed by atoms with E-state index < -0.39 is 10.0 Å². The van der Waals surface area contributed by atoms with Gasteiger partial charge in [0, 0.05) is 17.5 Å². The third-order valence-corrected chi connectivity index (χ3v) is 8.77. The predicted molar refractivity (Wildman–Crippen MR) is 129 cm³/mol. The van der Waals surface area contributed by atoms with Crippen molar-refractivity contribution in [1.82, 2.24) is 5.32 Å². The van der Waals surface area contributed by atoms with Crippen LogP contribution in [0.3, 0.4) is 0 Å². The van der Waals surface area contributed by atoms with E-state index in [4.69, 9.17) is 0 Å². The quantitative estimate of drug-likeness (QED) is 0.556. The van der Waals surface area contributed by atoms with Crippen LogP contribution in [0.15, 0.2) is 47.4 Å². The minimum Gasteiger partial charge on any atom is -0.354 e. The lowest BCUT2D eigenvalue weighted by Crippen LogP contribution is -2.41. The first kappa shape index (κ1) is 23.7. The van der Waals surface area contributed by atoms with Crippen LogP contribution in [-0.2, 0) is 14.8 Å². The predicted octanol–water partition coefficient (Wildman–Crippen LogP) is 4.60. The summed E-state index contributed by atoms with van der Waals surface area (Å²) in [4.78, 5) is 12.9. The highest BCUT2D eigenvalue weighted by atomic mass is 32.2. The Kier molecular flexibility index (Phi) is 8.06. The van der Waals surface area contributed by atoms with Gasteiger partial charge in [-0.2, -0.15) is 11.8 Å². The maximum atomic E-state index is 13.5. The van der Waals surface area contributed by atoms with Crippen molar-refractivity contribution in [2.45, 2.75) is 56.6 Å². The second kappa shape index (κ2) is 10.6. The average molecular weight is 461 g/mol. The molecule has 168 valence electrons. The maximum Gasteiger partial charge on any atom is 0.264 e. The summed E-state index contributed by atoms with van der Waals surface area (Å²) >= 11 is 1.90. The van der Waals surface area contributed by atoms with Gasteiger partial charge in [-0.1, -0.05) is 42.7 Å². The number of aryl methyl sites for hydroxylation is 3. The highest BCUT2D eigenvalue weighted by molar-refractivity contribution is 7.99. The summed E-state index contributed by atoms with van der Waals surface area (Å²) in [6, 6.07) is 12.4. The van der Waals surface area contributed by atoms with E-state index >= 15 is 0 Å². The van der Waals surface area contributed by atoms with E-state index in [1.54, 1.807) is 24.3 Å². The molecule has 0 atom stereocenters. The second-order valence-corrected chi connectivity index (χ2v) is 11.5. The van der Waals surface area contributed by atoms with Crippen molar-refractivity contribution in [3.05, 3.63) is 59.2 Å². The molecule has 2 aromatic rings. The third-order valence-electron chi connectivity index (χ3n) is 5.61. The van der Waals surface area contributed by atoms with Crippen LogP contribution in [0.5, 0.6) is 0 Å². The number of nitrogens with zero attached hydrogens (tertiary/aromatic N) is 1. The second-order valence-electron chi connectivity index (χ2n) is 8.24. The molecule has 7 heteroatoms. The Bertz CT molecular complexity index is 998. The number of carbonyl (C=O) groups is 1. The Labute approximate surface area is 190 Å². The van der Waals surface area contributed by atoms with Gasteiger partial charge in [-0.25, -0.2) is 8.42 Å². The SMILES string of the molecule is Cc1ccc(S(=O)(=O)N(CC(=O)NCCSC2CCCC2)c2cc(C)ccc2C)cc1. The van der Waals surface area contributed by atoms with E-state index in [0.29, 0.717) is 17.5 Å². The zero-order valence-corrected chi connectivity index (χ0v) is 20.2. The molecule has 1 N–H and O–H groups in total. The first-order valence-corrected chi connectivity index (χ1v) is 13.3. The maximum absolute atomic E-state index is 13.5.